The van der Waals surface area contributed by atoms with E-state index in [0.717, 1.165) is 36.5 Å². The number of rotatable bonds is 11. The maximum atomic E-state index is 11.6. The van der Waals surface area contributed by atoms with Gasteiger partial charge in [-0.05, 0) is 86.3 Å². The molecule has 0 amide bonds. The first-order valence-corrected chi connectivity index (χ1v) is 13.5. The predicted molar refractivity (Wildman–Crippen MR) is 130 cm³/mol. The van der Waals surface area contributed by atoms with E-state index in [1.54, 1.807) is 0 Å². The number of unbranched alkanes of at least 4 members (excludes halogenated alkanes) is 2. The molecule has 0 atom stereocenters. The molecule has 1 aromatic carbocycles. The molecule has 3 rings (SSSR count). The van der Waals surface area contributed by atoms with Crippen LogP contribution < -0.4 is 4.74 Å². The molecule has 2 fully saturated rings. The van der Waals surface area contributed by atoms with Gasteiger partial charge in [0.25, 0.3) is 0 Å². The molecule has 0 bridgehead atoms. The minimum absolute atomic E-state index is 0.128. The van der Waals surface area contributed by atoms with Crippen LogP contribution in [-0.2, 0) is 11.2 Å². The zero-order valence-corrected chi connectivity index (χ0v) is 20.2. The monoisotopic (exact) mass is 426 g/mol. The highest BCUT2D eigenvalue weighted by molar-refractivity contribution is 5.72. The summed E-state index contributed by atoms with van der Waals surface area (Å²) in [7, 11) is 0. The lowest BCUT2D eigenvalue weighted by Crippen LogP contribution is -2.26. The number of ether oxygens (including phenoxy) is 1. The number of carbonyl (C=O) groups is 1. The summed E-state index contributed by atoms with van der Waals surface area (Å²) in [4.78, 5) is 11.6. The Hall–Kier alpha value is -1.31. The van der Waals surface area contributed by atoms with E-state index in [1.807, 2.05) is 19.1 Å². The van der Waals surface area contributed by atoms with E-state index in [1.165, 1.54) is 89.0 Å². The van der Waals surface area contributed by atoms with Crippen molar-refractivity contribution in [2.45, 2.75) is 117 Å². The summed E-state index contributed by atoms with van der Waals surface area (Å²) in [5.41, 5.74) is 1.37. The standard InChI is InChI=1S/C29H46O2/c1-3-5-6-8-23-11-17-26(18-12-23)27-19-13-24(14-20-27)9-10-25-15-21-28(22-16-25)31-29(30)7-4-2/h15-16,21-24,26-27H,3-14,17-20H2,1-2H3. The minimum Gasteiger partial charge on any atom is -0.427 e. The van der Waals surface area contributed by atoms with Crippen molar-refractivity contribution < 1.29 is 9.53 Å². The fraction of sp³-hybridized carbons (Fsp3) is 0.759. The Morgan fingerprint density at radius 1 is 0.774 bits per heavy atom. The van der Waals surface area contributed by atoms with Gasteiger partial charge >= 0.3 is 5.97 Å². The molecule has 31 heavy (non-hydrogen) atoms. The lowest BCUT2D eigenvalue weighted by molar-refractivity contribution is -0.134. The molecule has 0 radical (unpaired) electrons. The third-order valence-corrected chi connectivity index (χ3v) is 8.12. The number of carbonyl (C=O) groups excluding carboxylic acids is 1. The Morgan fingerprint density at radius 3 is 1.90 bits per heavy atom. The van der Waals surface area contributed by atoms with Crippen molar-refractivity contribution in [1.29, 1.82) is 0 Å². The second kappa shape index (κ2) is 13.3. The maximum Gasteiger partial charge on any atom is 0.311 e. The van der Waals surface area contributed by atoms with E-state index in [9.17, 15) is 4.79 Å². The lowest BCUT2D eigenvalue weighted by Gasteiger charge is -2.38. The van der Waals surface area contributed by atoms with Crippen LogP contribution >= 0.6 is 0 Å². The van der Waals surface area contributed by atoms with Gasteiger partial charge < -0.3 is 4.74 Å². The van der Waals surface area contributed by atoms with Crippen LogP contribution in [0.15, 0.2) is 24.3 Å². The van der Waals surface area contributed by atoms with Gasteiger partial charge in [0, 0.05) is 6.42 Å². The summed E-state index contributed by atoms with van der Waals surface area (Å²) in [5.74, 6) is 4.56. The molecule has 2 aliphatic carbocycles. The van der Waals surface area contributed by atoms with Gasteiger partial charge in [-0.25, -0.2) is 0 Å². The average Bonchev–Trinajstić information content (AvgIpc) is 2.80. The van der Waals surface area contributed by atoms with Crippen molar-refractivity contribution in [3.05, 3.63) is 29.8 Å². The average molecular weight is 427 g/mol. The molecule has 0 aromatic heterocycles. The van der Waals surface area contributed by atoms with Crippen LogP contribution in [0.5, 0.6) is 5.75 Å². The van der Waals surface area contributed by atoms with E-state index in [4.69, 9.17) is 4.74 Å². The topological polar surface area (TPSA) is 26.3 Å². The summed E-state index contributed by atoms with van der Waals surface area (Å²) in [5, 5.41) is 0. The number of hydrogen-bond donors (Lipinski definition) is 0. The van der Waals surface area contributed by atoms with Crippen molar-refractivity contribution in [2.24, 2.45) is 23.7 Å². The second-order valence-electron chi connectivity index (χ2n) is 10.5. The first-order valence-electron chi connectivity index (χ1n) is 13.5. The largest absolute Gasteiger partial charge is 0.427 e. The molecular formula is C29H46O2. The number of aryl methyl sites for hydroxylation is 1. The van der Waals surface area contributed by atoms with Crippen LogP contribution in [0.3, 0.4) is 0 Å². The van der Waals surface area contributed by atoms with Crippen molar-refractivity contribution in [1.82, 2.24) is 0 Å². The second-order valence-corrected chi connectivity index (χ2v) is 10.5. The fourth-order valence-electron chi connectivity index (χ4n) is 6.06. The van der Waals surface area contributed by atoms with Crippen molar-refractivity contribution >= 4 is 5.97 Å². The Balaban J connectivity index is 1.31. The summed E-state index contributed by atoms with van der Waals surface area (Å²) >= 11 is 0. The van der Waals surface area contributed by atoms with Crippen LogP contribution in [0.2, 0.25) is 0 Å². The highest BCUT2D eigenvalue weighted by Gasteiger charge is 2.30. The van der Waals surface area contributed by atoms with Gasteiger partial charge in [-0.3, -0.25) is 4.79 Å². The van der Waals surface area contributed by atoms with Crippen LogP contribution in [0.1, 0.15) is 116 Å². The summed E-state index contributed by atoms with van der Waals surface area (Å²) in [6.45, 7) is 4.31. The van der Waals surface area contributed by atoms with Crippen molar-refractivity contribution in [3.63, 3.8) is 0 Å². The van der Waals surface area contributed by atoms with Crippen LogP contribution in [0.4, 0.5) is 0 Å². The minimum atomic E-state index is -0.128. The van der Waals surface area contributed by atoms with E-state index in [2.05, 4.69) is 19.1 Å². The Kier molecular flexibility index (Phi) is 10.4. The lowest BCUT2D eigenvalue weighted by atomic mass is 9.68. The zero-order chi connectivity index (χ0) is 21.9. The molecule has 0 unspecified atom stereocenters. The van der Waals surface area contributed by atoms with E-state index >= 15 is 0 Å². The SMILES string of the molecule is CCCCCC1CCC(C2CCC(CCc3ccc(OC(=O)CCC)cc3)CC2)CC1. The molecular weight excluding hydrogens is 380 g/mol. The zero-order valence-electron chi connectivity index (χ0n) is 20.2. The van der Waals surface area contributed by atoms with Crippen LogP contribution in [0, 0.1) is 23.7 Å². The number of hydrogen-bond acceptors (Lipinski definition) is 2. The van der Waals surface area contributed by atoms with Gasteiger partial charge in [-0.15, -0.1) is 0 Å². The van der Waals surface area contributed by atoms with Gasteiger partial charge in [-0.2, -0.15) is 0 Å². The van der Waals surface area contributed by atoms with Gasteiger partial charge in [0.05, 0.1) is 0 Å². The number of benzene rings is 1. The summed E-state index contributed by atoms with van der Waals surface area (Å²) in [6.07, 6.45) is 21.4. The molecule has 0 saturated heterocycles. The third kappa shape index (κ3) is 8.28. The van der Waals surface area contributed by atoms with Crippen molar-refractivity contribution in [2.75, 3.05) is 0 Å². The third-order valence-electron chi connectivity index (χ3n) is 8.12. The highest BCUT2D eigenvalue weighted by atomic mass is 16.5. The molecule has 2 nitrogen and oxygen atoms in total. The normalized spacial score (nSPS) is 26.5. The molecule has 0 aliphatic heterocycles. The maximum absolute atomic E-state index is 11.6. The van der Waals surface area contributed by atoms with E-state index < -0.39 is 0 Å². The van der Waals surface area contributed by atoms with E-state index in [-0.39, 0.29) is 5.97 Å². The highest BCUT2D eigenvalue weighted by Crippen LogP contribution is 2.43. The smallest absolute Gasteiger partial charge is 0.311 e. The van der Waals surface area contributed by atoms with Gasteiger partial charge in [0.15, 0.2) is 0 Å². The quantitative estimate of drug-likeness (QED) is 0.201. The summed E-state index contributed by atoms with van der Waals surface area (Å²) < 4.78 is 5.37. The van der Waals surface area contributed by atoms with Crippen LogP contribution in [0.25, 0.3) is 0 Å². The van der Waals surface area contributed by atoms with Gasteiger partial charge in [0.2, 0.25) is 0 Å². The molecule has 0 heterocycles. The van der Waals surface area contributed by atoms with Crippen LogP contribution in [-0.4, -0.2) is 5.97 Å². The molecule has 0 N–H and O–H groups in total. The summed E-state index contributed by atoms with van der Waals surface area (Å²) in [6, 6.07) is 8.19. The molecule has 2 saturated carbocycles. The first-order chi connectivity index (χ1) is 15.2. The van der Waals surface area contributed by atoms with E-state index in [0.29, 0.717) is 12.2 Å². The molecule has 2 aliphatic rings. The Morgan fingerprint density at radius 2 is 1.35 bits per heavy atom. The Bertz CT molecular complexity index is 619. The van der Waals surface area contributed by atoms with Crippen molar-refractivity contribution in [3.8, 4) is 5.75 Å². The molecule has 1 aromatic rings. The molecule has 0 spiro atoms. The predicted octanol–water partition coefficient (Wildman–Crippen LogP) is 8.52. The number of esters is 1. The fourth-order valence-corrected chi connectivity index (χ4v) is 6.06. The van der Waals surface area contributed by atoms with Gasteiger partial charge in [0.1, 0.15) is 5.75 Å². The molecule has 174 valence electrons. The molecule has 2 heteroatoms. The van der Waals surface area contributed by atoms with Gasteiger partial charge in [-0.1, -0.05) is 77.3 Å². The first kappa shape index (κ1) is 24.3. The Labute approximate surface area is 191 Å².